The average Bonchev–Trinajstić information content (AvgIpc) is 3.12. The number of nitriles is 1. The number of amides is 2. The largest absolute Gasteiger partial charge is 0.487 e. The van der Waals surface area contributed by atoms with Gasteiger partial charge in [0.2, 0.25) is 0 Å². The minimum atomic E-state index is -0.719. The molecule has 0 radical (unpaired) electrons. The van der Waals surface area contributed by atoms with Crippen LogP contribution in [0, 0.1) is 28.8 Å². The normalized spacial score (nSPS) is 18.5. The van der Waals surface area contributed by atoms with E-state index in [0.29, 0.717) is 12.0 Å². The average molecular weight is 400 g/mol. The number of hydrogen-bond acceptors (Lipinski definition) is 4. The summed E-state index contributed by atoms with van der Waals surface area (Å²) in [7, 11) is 0. The van der Waals surface area contributed by atoms with Gasteiger partial charge in [-0.15, -0.1) is 0 Å². The lowest BCUT2D eigenvalue weighted by molar-refractivity contribution is 0.0275. The van der Waals surface area contributed by atoms with Gasteiger partial charge in [0.25, 0.3) is 0 Å². The lowest BCUT2D eigenvalue weighted by Gasteiger charge is -2.41. The molecule has 0 spiro atoms. The summed E-state index contributed by atoms with van der Waals surface area (Å²) in [5, 5.41) is 14.1. The third kappa shape index (κ3) is 3.87. The van der Waals surface area contributed by atoms with Gasteiger partial charge in [0.05, 0.1) is 30.8 Å². The number of hydrazone groups is 1. The Balaban J connectivity index is 1.39. The summed E-state index contributed by atoms with van der Waals surface area (Å²) >= 11 is 0. The van der Waals surface area contributed by atoms with Crippen molar-refractivity contribution in [1.82, 2.24) is 9.91 Å². The lowest BCUT2D eigenvalue weighted by atomic mass is 10.0. The van der Waals surface area contributed by atoms with Gasteiger partial charge in [0.1, 0.15) is 29.3 Å². The van der Waals surface area contributed by atoms with Crippen LogP contribution in [0.5, 0.6) is 5.75 Å². The van der Waals surface area contributed by atoms with E-state index in [0.717, 1.165) is 12.1 Å². The van der Waals surface area contributed by atoms with Crippen molar-refractivity contribution in [1.29, 1.82) is 5.26 Å². The highest BCUT2D eigenvalue weighted by atomic mass is 19.1. The van der Waals surface area contributed by atoms with Crippen LogP contribution in [0.3, 0.4) is 0 Å². The Morgan fingerprint density at radius 2 is 1.76 bits per heavy atom. The van der Waals surface area contributed by atoms with E-state index in [1.807, 2.05) is 6.07 Å². The summed E-state index contributed by atoms with van der Waals surface area (Å²) < 4.78 is 46.2. The molecule has 1 saturated heterocycles. The van der Waals surface area contributed by atoms with Gasteiger partial charge < -0.3 is 9.64 Å². The number of carbonyl (C=O) groups is 1. The van der Waals surface area contributed by atoms with Crippen molar-refractivity contribution >= 4 is 12.2 Å². The molecule has 4 rings (SSSR count). The molecular weight excluding hydrogens is 385 g/mol. The third-order valence-corrected chi connectivity index (χ3v) is 4.72. The quantitative estimate of drug-likeness (QED) is 0.791. The van der Waals surface area contributed by atoms with E-state index in [4.69, 9.17) is 10.00 Å². The fraction of sp³-hybridized carbons (Fsp3) is 0.250. The topological polar surface area (TPSA) is 68.9 Å². The summed E-state index contributed by atoms with van der Waals surface area (Å²) in [4.78, 5) is 14.2. The van der Waals surface area contributed by atoms with E-state index >= 15 is 0 Å². The van der Waals surface area contributed by atoms with Gasteiger partial charge in [0.15, 0.2) is 0 Å². The Bertz CT molecular complexity index is 1010. The second-order valence-electron chi connectivity index (χ2n) is 6.81. The van der Waals surface area contributed by atoms with E-state index < -0.39 is 29.5 Å². The number of urea groups is 1. The van der Waals surface area contributed by atoms with Gasteiger partial charge in [-0.25, -0.2) is 23.0 Å². The molecule has 0 N–H and O–H groups in total. The maximum absolute atomic E-state index is 13.5. The van der Waals surface area contributed by atoms with Crippen molar-refractivity contribution in [2.24, 2.45) is 5.10 Å². The number of halogens is 3. The second kappa shape index (κ2) is 7.47. The fourth-order valence-corrected chi connectivity index (χ4v) is 3.34. The Morgan fingerprint density at radius 3 is 2.45 bits per heavy atom. The molecule has 2 aromatic rings. The smallest absolute Gasteiger partial charge is 0.341 e. The van der Waals surface area contributed by atoms with E-state index in [1.165, 1.54) is 40.4 Å². The van der Waals surface area contributed by atoms with Crippen molar-refractivity contribution in [2.75, 3.05) is 13.1 Å². The van der Waals surface area contributed by atoms with Crippen molar-refractivity contribution in [3.63, 3.8) is 0 Å². The van der Waals surface area contributed by atoms with Crippen molar-refractivity contribution in [3.05, 3.63) is 65.0 Å². The molecule has 0 aromatic heterocycles. The summed E-state index contributed by atoms with van der Waals surface area (Å²) in [6.45, 7) is 0.487. The second-order valence-corrected chi connectivity index (χ2v) is 6.81. The van der Waals surface area contributed by atoms with Crippen LogP contribution in [0.25, 0.3) is 0 Å². The van der Waals surface area contributed by atoms with Crippen LogP contribution in [-0.2, 0) is 0 Å². The van der Waals surface area contributed by atoms with Crippen molar-refractivity contribution in [3.8, 4) is 11.8 Å². The molecule has 29 heavy (non-hydrogen) atoms. The molecule has 1 fully saturated rings. The van der Waals surface area contributed by atoms with Crippen LogP contribution in [0.15, 0.2) is 41.5 Å². The van der Waals surface area contributed by atoms with Crippen LogP contribution in [0.4, 0.5) is 18.0 Å². The summed E-state index contributed by atoms with van der Waals surface area (Å²) in [6.07, 6.45) is 1.52. The molecule has 2 aliphatic rings. The standard InChI is InChI=1S/C20H15F3N4O2/c21-14-3-12(9-24)4-17(8-14)29-18-10-26(11-18)20(28)27-19(1-2-25-27)13-5-15(22)7-16(23)6-13/h2-8,18-19H,1,10-11H2. The van der Waals surface area contributed by atoms with Gasteiger partial charge >= 0.3 is 6.03 Å². The van der Waals surface area contributed by atoms with Crippen LogP contribution in [0.1, 0.15) is 23.6 Å². The van der Waals surface area contributed by atoms with Crippen LogP contribution in [0.2, 0.25) is 0 Å². The highest BCUT2D eigenvalue weighted by Gasteiger charge is 2.39. The first-order valence-corrected chi connectivity index (χ1v) is 8.87. The van der Waals surface area contributed by atoms with E-state index in [9.17, 15) is 18.0 Å². The first kappa shape index (κ1) is 18.8. The Labute approximate surface area is 164 Å². The van der Waals surface area contributed by atoms with E-state index in [-0.39, 0.29) is 30.5 Å². The number of nitrogens with zero attached hydrogens (tertiary/aromatic N) is 4. The Kier molecular flexibility index (Phi) is 4.84. The summed E-state index contributed by atoms with van der Waals surface area (Å²) in [5.74, 6) is -1.80. The summed E-state index contributed by atoms with van der Waals surface area (Å²) in [5.41, 5.74) is 0.467. The van der Waals surface area contributed by atoms with Crippen LogP contribution < -0.4 is 4.74 Å². The molecule has 6 nitrogen and oxygen atoms in total. The zero-order valence-electron chi connectivity index (χ0n) is 15.1. The molecule has 0 bridgehead atoms. The Morgan fingerprint density at radius 1 is 1.07 bits per heavy atom. The zero-order valence-corrected chi connectivity index (χ0v) is 15.1. The molecule has 0 saturated carbocycles. The van der Waals surface area contributed by atoms with Gasteiger partial charge in [0, 0.05) is 24.8 Å². The van der Waals surface area contributed by atoms with Gasteiger partial charge in [-0.05, 0) is 29.8 Å². The number of likely N-dealkylation sites (tertiary alicyclic amines) is 1. The molecule has 1 atom stereocenters. The van der Waals surface area contributed by atoms with Gasteiger partial charge in [-0.1, -0.05) is 0 Å². The predicted molar refractivity (Wildman–Crippen MR) is 96.5 cm³/mol. The number of benzene rings is 2. The lowest BCUT2D eigenvalue weighted by Crippen LogP contribution is -2.58. The molecule has 2 amide bonds. The van der Waals surface area contributed by atoms with Gasteiger partial charge in [-0.3, -0.25) is 0 Å². The van der Waals surface area contributed by atoms with Gasteiger partial charge in [-0.2, -0.15) is 10.4 Å². The molecular formula is C20H15F3N4O2. The van der Waals surface area contributed by atoms with Crippen LogP contribution >= 0.6 is 0 Å². The van der Waals surface area contributed by atoms with Crippen molar-refractivity contribution < 1.29 is 22.7 Å². The minimum Gasteiger partial charge on any atom is -0.487 e. The molecule has 2 aromatic carbocycles. The maximum Gasteiger partial charge on any atom is 0.341 e. The highest BCUT2D eigenvalue weighted by molar-refractivity contribution is 5.79. The van der Waals surface area contributed by atoms with E-state index in [2.05, 4.69) is 5.10 Å². The fourth-order valence-electron chi connectivity index (χ4n) is 3.34. The SMILES string of the molecule is N#Cc1cc(F)cc(OC2CN(C(=O)N3N=CCC3c3cc(F)cc(F)c3)C2)c1. The summed E-state index contributed by atoms with van der Waals surface area (Å²) in [6, 6.07) is 7.68. The van der Waals surface area contributed by atoms with E-state index in [1.54, 1.807) is 0 Å². The molecule has 148 valence electrons. The monoisotopic (exact) mass is 400 g/mol. The molecule has 2 aliphatic heterocycles. The highest BCUT2D eigenvalue weighted by Crippen LogP contribution is 2.31. The number of hydrogen-bond donors (Lipinski definition) is 0. The first-order chi connectivity index (χ1) is 13.9. The number of rotatable bonds is 3. The van der Waals surface area contributed by atoms with Crippen molar-refractivity contribution in [2.45, 2.75) is 18.6 Å². The maximum atomic E-state index is 13.5. The van der Waals surface area contributed by atoms with Crippen LogP contribution in [-0.4, -0.2) is 41.3 Å². The minimum absolute atomic E-state index is 0.142. The number of carbonyl (C=O) groups excluding carboxylic acids is 1. The Hall–Kier alpha value is -3.54. The molecule has 2 heterocycles. The first-order valence-electron chi connectivity index (χ1n) is 8.87. The predicted octanol–water partition coefficient (Wildman–Crippen LogP) is 3.59. The third-order valence-electron chi connectivity index (χ3n) is 4.72. The zero-order chi connectivity index (χ0) is 20.5. The molecule has 1 unspecified atom stereocenters. The molecule has 9 heteroatoms. The molecule has 0 aliphatic carbocycles. The number of ether oxygens (including phenoxy) is 1.